The molecule has 0 atom stereocenters. The molecule has 0 saturated carbocycles. The highest BCUT2D eigenvalue weighted by Gasteiger charge is 1.96. The Bertz CT molecular complexity index is 389. The molecule has 0 amide bonds. The Morgan fingerprint density at radius 2 is 2.18 bits per heavy atom. The third-order valence-corrected chi connectivity index (χ3v) is 1.56. The molecule has 0 aliphatic rings. The van der Waals surface area contributed by atoms with E-state index in [1.54, 1.807) is 4.52 Å². The normalized spacial score (nSPS) is 10.7. The molecule has 0 fully saturated rings. The standard InChI is InChI=1S/C8H9N3/c1-6-4-9-8-3-7(2)10-11(8)5-6/h3-5H,1-2H3. The van der Waals surface area contributed by atoms with Gasteiger partial charge in [-0.05, 0) is 19.4 Å². The van der Waals surface area contributed by atoms with Crippen molar-refractivity contribution >= 4 is 5.65 Å². The average Bonchev–Trinajstić information content (AvgIpc) is 2.27. The Labute approximate surface area is 64.7 Å². The number of hydrogen-bond donors (Lipinski definition) is 0. The summed E-state index contributed by atoms with van der Waals surface area (Å²) in [5.41, 5.74) is 3.04. The molecule has 56 valence electrons. The van der Waals surface area contributed by atoms with Gasteiger partial charge in [0, 0.05) is 18.5 Å². The van der Waals surface area contributed by atoms with Crippen LogP contribution >= 0.6 is 0 Å². The van der Waals surface area contributed by atoms with E-state index < -0.39 is 0 Å². The van der Waals surface area contributed by atoms with E-state index in [-0.39, 0.29) is 0 Å². The lowest BCUT2D eigenvalue weighted by atomic mass is 10.4. The maximum absolute atomic E-state index is 4.23. The van der Waals surface area contributed by atoms with Crippen LogP contribution in [0.25, 0.3) is 5.65 Å². The zero-order chi connectivity index (χ0) is 7.84. The van der Waals surface area contributed by atoms with E-state index >= 15 is 0 Å². The number of hydrogen-bond acceptors (Lipinski definition) is 2. The van der Waals surface area contributed by atoms with Gasteiger partial charge in [0.2, 0.25) is 0 Å². The summed E-state index contributed by atoms with van der Waals surface area (Å²) in [5.74, 6) is 0. The SMILES string of the molecule is Cc1cnc2cc(C)nn2c1. The maximum atomic E-state index is 4.23. The van der Waals surface area contributed by atoms with Gasteiger partial charge < -0.3 is 0 Å². The van der Waals surface area contributed by atoms with E-state index in [1.165, 1.54) is 0 Å². The smallest absolute Gasteiger partial charge is 0.155 e. The Hall–Kier alpha value is -1.38. The van der Waals surface area contributed by atoms with Crippen LogP contribution in [0.4, 0.5) is 0 Å². The molecule has 2 aromatic rings. The quantitative estimate of drug-likeness (QED) is 0.563. The first-order valence-electron chi connectivity index (χ1n) is 3.54. The third-order valence-electron chi connectivity index (χ3n) is 1.56. The van der Waals surface area contributed by atoms with Gasteiger partial charge in [-0.25, -0.2) is 9.50 Å². The van der Waals surface area contributed by atoms with Crippen LogP contribution in [0, 0.1) is 13.8 Å². The largest absolute Gasteiger partial charge is 0.237 e. The Morgan fingerprint density at radius 1 is 1.36 bits per heavy atom. The van der Waals surface area contributed by atoms with Crippen LogP contribution in [0.3, 0.4) is 0 Å². The molecule has 2 aromatic heterocycles. The van der Waals surface area contributed by atoms with Gasteiger partial charge in [-0.2, -0.15) is 5.10 Å². The summed E-state index contributed by atoms with van der Waals surface area (Å²) in [7, 11) is 0. The van der Waals surface area contributed by atoms with Crippen LogP contribution in [0.2, 0.25) is 0 Å². The van der Waals surface area contributed by atoms with Crippen molar-refractivity contribution < 1.29 is 0 Å². The van der Waals surface area contributed by atoms with Gasteiger partial charge >= 0.3 is 0 Å². The molecule has 0 N–H and O–H groups in total. The van der Waals surface area contributed by atoms with Crippen LogP contribution in [0.5, 0.6) is 0 Å². The Morgan fingerprint density at radius 3 is 3.00 bits per heavy atom. The molecule has 0 bridgehead atoms. The molecule has 2 heterocycles. The first-order chi connectivity index (χ1) is 5.25. The molecular formula is C8H9N3. The molecule has 0 aromatic carbocycles. The summed E-state index contributed by atoms with van der Waals surface area (Å²) in [5, 5.41) is 4.23. The number of fused-ring (bicyclic) bond motifs is 1. The average molecular weight is 147 g/mol. The Kier molecular flexibility index (Phi) is 1.18. The zero-order valence-electron chi connectivity index (χ0n) is 6.57. The molecule has 2 rings (SSSR count). The van der Waals surface area contributed by atoms with E-state index in [0.717, 1.165) is 16.9 Å². The highest BCUT2D eigenvalue weighted by Crippen LogP contribution is 2.02. The van der Waals surface area contributed by atoms with Crippen molar-refractivity contribution in [1.82, 2.24) is 14.6 Å². The predicted octanol–water partition coefficient (Wildman–Crippen LogP) is 1.35. The minimum Gasteiger partial charge on any atom is -0.237 e. The van der Waals surface area contributed by atoms with Crippen LogP contribution in [0.1, 0.15) is 11.3 Å². The summed E-state index contributed by atoms with van der Waals surface area (Å²) in [6.45, 7) is 3.97. The lowest BCUT2D eigenvalue weighted by Crippen LogP contribution is -1.90. The second kappa shape index (κ2) is 2.05. The van der Waals surface area contributed by atoms with Crippen LogP contribution in [0.15, 0.2) is 18.5 Å². The molecule has 0 spiro atoms. The van der Waals surface area contributed by atoms with Gasteiger partial charge in [-0.3, -0.25) is 0 Å². The second-order valence-electron chi connectivity index (χ2n) is 2.72. The number of rotatable bonds is 0. The zero-order valence-corrected chi connectivity index (χ0v) is 6.57. The number of nitrogens with zero attached hydrogens (tertiary/aromatic N) is 3. The molecule has 0 aliphatic heterocycles. The van der Waals surface area contributed by atoms with Crippen molar-refractivity contribution in [3.63, 3.8) is 0 Å². The summed E-state index contributed by atoms with van der Waals surface area (Å²) < 4.78 is 1.80. The Balaban J connectivity index is 2.82. The third kappa shape index (κ3) is 0.981. The van der Waals surface area contributed by atoms with Crippen molar-refractivity contribution in [2.45, 2.75) is 13.8 Å². The van der Waals surface area contributed by atoms with E-state index in [4.69, 9.17) is 0 Å². The highest BCUT2D eigenvalue weighted by atomic mass is 15.2. The number of aryl methyl sites for hydroxylation is 2. The monoisotopic (exact) mass is 147 g/mol. The maximum Gasteiger partial charge on any atom is 0.155 e. The van der Waals surface area contributed by atoms with E-state index in [9.17, 15) is 0 Å². The minimum absolute atomic E-state index is 0.910. The van der Waals surface area contributed by atoms with E-state index in [1.807, 2.05) is 32.3 Å². The van der Waals surface area contributed by atoms with Crippen LogP contribution in [-0.4, -0.2) is 14.6 Å². The van der Waals surface area contributed by atoms with Crippen LogP contribution < -0.4 is 0 Å². The summed E-state index contributed by atoms with van der Waals surface area (Å²) >= 11 is 0. The topological polar surface area (TPSA) is 30.2 Å². The van der Waals surface area contributed by atoms with Gasteiger partial charge in [0.05, 0.1) is 5.69 Å². The predicted molar refractivity (Wildman–Crippen MR) is 42.5 cm³/mol. The summed E-state index contributed by atoms with van der Waals surface area (Å²) in [6.07, 6.45) is 3.81. The first-order valence-corrected chi connectivity index (χ1v) is 3.54. The summed E-state index contributed by atoms with van der Waals surface area (Å²) in [6, 6.07) is 1.96. The molecule has 3 nitrogen and oxygen atoms in total. The van der Waals surface area contributed by atoms with Crippen molar-refractivity contribution in [3.05, 3.63) is 29.7 Å². The first kappa shape index (κ1) is 6.34. The van der Waals surface area contributed by atoms with E-state index in [0.29, 0.717) is 0 Å². The number of aromatic nitrogens is 3. The fourth-order valence-corrected chi connectivity index (χ4v) is 1.09. The fraction of sp³-hybridized carbons (Fsp3) is 0.250. The van der Waals surface area contributed by atoms with Gasteiger partial charge in [0.15, 0.2) is 5.65 Å². The van der Waals surface area contributed by atoms with Gasteiger partial charge in [-0.15, -0.1) is 0 Å². The van der Waals surface area contributed by atoms with Crippen LogP contribution in [-0.2, 0) is 0 Å². The molecule has 3 heteroatoms. The lowest BCUT2D eigenvalue weighted by molar-refractivity contribution is 0.907. The molecular weight excluding hydrogens is 138 g/mol. The molecule has 11 heavy (non-hydrogen) atoms. The van der Waals surface area contributed by atoms with Crippen molar-refractivity contribution in [3.8, 4) is 0 Å². The molecule has 0 aliphatic carbocycles. The van der Waals surface area contributed by atoms with Gasteiger partial charge in [0.1, 0.15) is 0 Å². The summed E-state index contributed by atoms with van der Waals surface area (Å²) in [4.78, 5) is 4.20. The minimum atomic E-state index is 0.910. The van der Waals surface area contributed by atoms with Gasteiger partial charge in [0.25, 0.3) is 0 Å². The lowest BCUT2D eigenvalue weighted by Gasteiger charge is -1.91. The van der Waals surface area contributed by atoms with Crippen molar-refractivity contribution in [2.75, 3.05) is 0 Å². The highest BCUT2D eigenvalue weighted by molar-refractivity contribution is 5.38. The van der Waals surface area contributed by atoms with Gasteiger partial charge in [-0.1, -0.05) is 0 Å². The van der Waals surface area contributed by atoms with E-state index in [2.05, 4.69) is 10.1 Å². The molecule has 0 radical (unpaired) electrons. The molecule has 0 saturated heterocycles. The fourth-order valence-electron chi connectivity index (χ4n) is 1.09. The molecule has 0 unspecified atom stereocenters. The van der Waals surface area contributed by atoms with Crippen molar-refractivity contribution in [2.24, 2.45) is 0 Å². The van der Waals surface area contributed by atoms with Crippen molar-refractivity contribution in [1.29, 1.82) is 0 Å². The second-order valence-corrected chi connectivity index (χ2v) is 2.72.